The van der Waals surface area contributed by atoms with Gasteiger partial charge < -0.3 is 20.5 Å². The fourth-order valence-electron chi connectivity index (χ4n) is 2.67. The fourth-order valence-corrected chi connectivity index (χ4v) is 2.67. The van der Waals surface area contributed by atoms with Gasteiger partial charge in [0.1, 0.15) is 11.5 Å². The largest absolute Gasteiger partial charge is 0.505 e. The van der Waals surface area contributed by atoms with Crippen molar-refractivity contribution in [3.05, 3.63) is 83.9 Å². The van der Waals surface area contributed by atoms with Crippen molar-refractivity contribution in [1.29, 1.82) is 0 Å². The third kappa shape index (κ3) is 4.88. The first-order valence-corrected chi connectivity index (χ1v) is 8.79. The summed E-state index contributed by atoms with van der Waals surface area (Å²) in [6.07, 6.45) is 1.08. The highest BCUT2D eigenvalue weighted by atomic mass is 16.5. The van der Waals surface area contributed by atoms with Crippen LogP contribution in [-0.2, 0) is 11.2 Å². The van der Waals surface area contributed by atoms with E-state index in [-0.39, 0.29) is 17.0 Å². The van der Waals surface area contributed by atoms with E-state index in [1.54, 1.807) is 6.07 Å². The van der Waals surface area contributed by atoms with Crippen LogP contribution in [0.3, 0.4) is 0 Å². The van der Waals surface area contributed by atoms with E-state index in [1.165, 1.54) is 12.1 Å². The lowest BCUT2D eigenvalue weighted by Gasteiger charge is -2.10. The number of phenolic OH excluding ortho intramolecular Hbond substituents is 1. The van der Waals surface area contributed by atoms with Crippen molar-refractivity contribution in [2.45, 2.75) is 6.42 Å². The number of rotatable bonds is 8. The molecule has 6 nitrogen and oxygen atoms in total. The molecule has 0 saturated carbocycles. The van der Waals surface area contributed by atoms with Crippen molar-refractivity contribution in [3.8, 4) is 17.2 Å². The molecule has 0 spiro atoms. The van der Waals surface area contributed by atoms with E-state index in [4.69, 9.17) is 4.74 Å². The summed E-state index contributed by atoms with van der Waals surface area (Å²) in [4.78, 5) is 22.8. The van der Waals surface area contributed by atoms with Crippen LogP contribution in [0.4, 0.5) is 5.69 Å². The Balaban J connectivity index is 1.53. The lowest BCUT2D eigenvalue weighted by molar-refractivity contribution is -0.105. The van der Waals surface area contributed by atoms with Crippen LogP contribution in [0.1, 0.15) is 15.9 Å². The van der Waals surface area contributed by atoms with Gasteiger partial charge in [0.15, 0.2) is 5.75 Å². The molecule has 0 saturated heterocycles. The summed E-state index contributed by atoms with van der Waals surface area (Å²) in [5.41, 5.74) is 1.34. The molecule has 0 aliphatic carbocycles. The number of carbonyl (C=O) groups is 2. The molecule has 0 atom stereocenters. The van der Waals surface area contributed by atoms with Crippen molar-refractivity contribution in [2.24, 2.45) is 0 Å². The number of nitrogens with one attached hydrogen (secondary N) is 2. The number of amides is 2. The second-order valence-electron chi connectivity index (χ2n) is 6.03. The molecular weight excluding hydrogens is 356 g/mol. The first kappa shape index (κ1) is 19.0. The number of aromatic hydroxyl groups is 1. The molecule has 28 heavy (non-hydrogen) atoms. The Labute approximate surface area is 162 Å². The molecular formula is C22H20N2O4. The number of hydrogen-bond donors (Lipinski definition) is 3. The van der Waals surface area contributed by atoms with Crippen LogP contribution in [0.2, 0.25) is 0 Å². The van der Waals surface area contributed by atoms with E-state index in [0.29, 0.717) is 19.4 Å². The van der Waals surface area contributed by atoms with Crippen LogP contribution >= 0.6 is 0 Å². The zero-order valence-corrected chi connectivity index (χ0v) is 15.1. The van der Waals surface area contributed by atoms with Gasteiger partial charge in [0.05, 0.1) is 11.3 Å². The standard InChI is InChI=1S/C22H20N2O4/c25-15-24-20-8-4-7-19(21(20)26)22(27)23-14-13-16-9-11-18(12-10-16)28-17-5-2-1-3-6-17/h1-12,15,26H,13-14H2,(H,23,27)(H,24,25). The van der Waals surface area contributed by atoms with E-state index in [0.717, 1.165) is 17.1 Å². The molecule has 3 N–H and O–H groups in total. The van der Waals surface area contributed by atoms with Crippen molar-refractivity contribution < 1.29 is 19.4 Å². The number of hydrogen-bond acceptors (Lipinski definition) is 4. The summed E-state index contributed by atoms with van der Waals surface area (Å²) in [7, 11) is 0. The summed E-state index contributed by atoms with van der Waals surface area (Å²) in [5, 5.41) is 15.2. The van der Waals surface area contributed by atoms with E-state index >= 15 is 0 Å². The second kappa shape index (κ2) is 9.23. The number of phenols is 1. The van der Waals surface area contributed by atoms with Gasteiger partial charge in [0.2, 0.25) is 6.41 Å². The van der Waals surface area contributed by atoms with E-state index in [1.807, 2.05) is 54.6 Å². The average Bonchev–Trinajstić information content (AvgIpc) is 2.72. The van der Waals surface area contributed by atoms with Crippen LogP contribution in [0.25, 0.3) is 0 Å². The number of carbonyl (C=O) groups excluding carboxylic acids is 2. The third-order valence-corrected chi connectivity index (χ3v) is 4.10. The summed E-state index contributed by atoms with van der Waals surface area (Å²) in [5.74, 6) is 0.850. The molecule has 0 fully saturated rings. The Kier molecular flexibility index (Phi) is 6.25. The van der Waals surface area contributed by atoms with Crippen LogP contribution in [0.5, 0.6) is 17.2 Å². The molecule has 2 amide bonds. The minimum atomic E-state index is -0.406. The van der Waals surface area contributed by atoms with Gasteiger partial charge in [-0.15, -0.1) is 0 Å². The fraction of sp³-hybridized carbons (Fsp3) is 0.0909. The molecule has 0 radical (unpaired) electrons. The van der Waals surface area contributed by atoms with Crippen molar-refractivity contribution in [1.82, 2.24) is 5.32 Å². The average molecular weight is 376 g/mol. The van der Waals surface area contributed by atoms with Crippen molar-refractivity contribution in [2.75, 3.05) is 11.9 Å². The first-order valence-electron chi connectivity index (χ1n) is 8.79. The predicted molar refractivity (Wildman–Crippen MR) is 107 cm³/mol. The Bertz CT molecular complexity index is 941. The van der Waals surface area contributed by atoms with Crippen LogP contribution in [-0.4, -0.2) is 24.0 Å². The molecule has 0 bridgehead atoms. The van der Waals surface area contributed by atoms with Gasteiger partial charge in [-0.05, 0) is 48.4 Å². The molecule has 3 aromatic rings. The predicted octanol–water partition coefficient (Wildman–Crippen LogP) is 3.73. The molecule has 0 heterocycles. The van der Waals surface area contributed by atoms with Gasteiger partial charge in [-0.3, -0.25) is 9.59 Å². The zero-order valence-electron chi connectivity index (χ0n) is 15.1. The molecule has 0 unspecified atom stereocenters. The highest BCUT2D eigenvalue weighted by Gasteiger charge is 2.13. The molecule has 0 aliphatic heterocycles. The summed E-state index contributed by atoms with van der Waals surface area (Å²) in [6, 6.07) is 21.8. The van der Waals surface area contributed by atoms with Crippen LogP contribution in [0.15, 0.2) is 72.8 Å². The Morgan fingerprint density at radius 1 is 0.929 bits per heavy atom. The Morgan fingerprint density at radius 2 is 1.64 bits per heavy atom. The van der Waals surface area contributed by atoms with Gasteiger partial charge >= 0.3 is 0 Å². The van der Waals surface area contributed by atoms with Gasteiger partial charge in [0, 0.05) is 6.54 Å². The van der Waals surface area contributed by atoms with E-state index < -0.39 is 5.91 Å². The minimum absolute atomic E-state index is 0.110. The van der Waals surface area contributed by atoms with Gasteiger partial charge in [-0.25, -0.2) is 0 Å². The smallest absolute Gasteiger partial charge is 0.255 e. The highest BCUT2D eigenvalue weighted by Crippen LogP contribution is 2.27. The maximum absolute atomic E-state index is 12.3. The molecule has 6 heteroatoms. The highest BCUT2D eigenvalue weighted by molar-refractivity contribution is 5.99. The summed E-state index contributed by atoms with van der Waals surface area (Å²) < 4.78 is 5.75. The number of ether oxygens (including phenoxy) is 1. The molecule has 142 valence electrons. The minimum Gasteiger partial charge on any atom is -0.505 e. The van der Waals surface area contributed by atoms with Gasteiger partial charge in [-0.2, -0.15) is 0 Å². The van der Waals surface area contributed by atoms with Crippen molar-refractivity contribution >= 4 is 18.0 Å². The van der Waals surface area contributed by atoms with Crippen molar-refractivity contribution in [3.63, 3.8) is 0 Å². The Morgan fingerprint density at radius 3 is 2.36 bits per heavy atom. The molecule has 3 aromatic carbocycles. The van der Waals surface area contributed by atoms with Gasteiger partial charge in [-0.1, -0.05) is 36.4 Å². The number of para-hydroxylation sites is 2. The Hall–Kier alpha value is -3.80. The SMILES string of the molecule is O=CNc1cccc(C(=O)NCCc2ccc(Oc3ccccc3)cc2)c1O. The van der Waals surface area contributed by atoms with E-state index in [9.17, 15) is 14.7 Å². The maximum Gasteiger partial charge on any atom is 0.255 e. The number of benzene rings is 3. The summed E-state index contributed by atoms with van der Waals surface area (Å²) >= 11 is 0. The zero-order chi connectivity index (χ0) is 19.8. The maximum atomic E-state index is 12.3. The molecule has 0 aliphatic rings. The lowest BCUT2D eigenvalue weighted by Crippen LogP contribution is -2.25. The first-order chi connectivity index (χ1) is 13.7. The normalized spacial score (nSPS) is 10.1. The third-order valence-electron chi connectivity index (χ3n) is 4.10. The van der Waals surface area contributed by atoms with Crippen LogP contribution < -0.4 is 15.4 Å². The molecule has 0 aromatic heterocycles. The van der Waals surface area contributed by atoms with Gasteiger partial charge in [0.25, 0.3) is 5.91 Å². The topological polar surface area (TPSA) is 87.7 Å². The monoisotopic (exact) mass is 376 g/mol. The van der Waals surface area contributed by atoms with Crippen LogP contribution in [0, 0.1) is 0 Å². The number of anilines is 1. The molecule has 3 rings (SSSR count). The summed E-state index contributed by atoms with van der Waals surface area (Å²) in [6.45, 7) is 0.405. The second-order valence-corrected chi connectivity index (χ2v) is 6.03. The lowest BCUT2D eigenvalue weighted by atomic mass is 10.1. The van der Waals surface area contributed by atoms with E-state index in [2.05, 4.69) is 10.6 Å². The quantitative estimate of drug-likeness (QED) is 0.413.